The lowest BCUT2D eigenvalue weighted by Gasteiger charge is -2.32. The number of nitrogens with zero attached hydrogens (tertiary/aromatic N) is 4. The molecule has 1 atom stereocenters. The van der Waals surface area contributed by atoms with E-state index in [2.05, 4.69) is 20.3 Å². The van der Waals surface area contributed by atoms with Crippen molar-refractivity contribution in [3.8, 4) is 0 Å². The van der Waals surface area contributed by atoms with Crippen LogP contribution in [0.25, 0.3) is 11.0 Å². The molecule has 0 spiro atoms. The normalized spacial score (nSPS) is 12.9. The molecule has 0 aliphatic carbocycles. The number of hydrogen-bond acceptors (Lipinski definition) is 5. The highest BCUT2D eigenvalue weighted by Gasteiger charge is 2.28. The number of H-pyrrole nitrogens is 1. The van der Waals surface area contributed by atoms with Gasteiger partial charge in [0.05, 0.1) is 23.3 Å². The smallest absolute Gasteiger partial charge is 0.329 e. The molecule has 3 aromatic heterocycles. The molecule has 0 radical (unpaired) electrons. The number of rotatable bonds is 4. The Labute approximate surface area is 161 Å². The number of hydrogen-bond donors (Lipinski definition) is 2. The van der Waals surface area contributed by atoms with E-state index in [0.717, 1.165) is 0 Å². The molecule has 9 nitrogen and oxygen atoms in total. The average Bonchev–Trinajstić information content (AvgIpc) is 3.10. The fraction of sp³-hybridized carbons (Fsp3) is 0.421. The van der Waals surface area contributed by atoms with Crippen LogP contribution >= 0.6 is 0 Å². The molecule has 0 saturated carbocycles. The molecule has 3 rings (SSSR count). The van der Waals surface area contributed by atoms with Gasteiger partial charge in [-0.2, -0.15) is 0 Å². The lowest BCUT2D eigenvalue weighted by atomic mass is 9.86. The van der Waals surface area contributed by atoms with E-state index in [9.17, 15) is 14.4 Å². The van der Waals surface area contributed by atoms with Crippen molar-refractivity contribution in [1.29, 1.82) is 0 Å². The van der Waals surface area contributed by atoms with Gasteiger partial charge in [-0.05, 0) is 18.4 Å². The van der Waals surface area contributed by atoms with Crippen molar-refractivity contribution in [2.45, 2.75) is 40.3 Å². The second kappa shape index (κ2) is 7.06. The van der Waals surface area contributed by atoms with Gasteiger partial charge in [-0.15, -0.1) is 0 Å². The monoisotopic (exact) mass is 384 g/mol. The summed E-state index contributed by atoms with van der Waals surface area (Å²) in [6.45, 7) is 8.34. The number of amides is 1. The van der Waals surface area contributed by atoms with E-state index in [1.807, 2.05) is 31.5 Å². The Kier molecular flexibility index (Phi) is 4.93. The highest BCUT2D eigenvalue weighted by molar-refractivity contribution is 6.05. The van der Waals surface area contributed by atoms with E-state index in [1.165, 1.54) is 11.6 Å². The molecule has 9 heteroatoms. The summed E-state index contributed by atoms with van der Waals surface area (Å²) in [7, 11) is 1.51. The fourth-order valence-electron chi connectivity index (χ4n) is 3.02. The summed E-state index contributed by atoms with van der Waals surface area (Å²) in [6.07, 6.45) is 5.20. The number of fused-ring (bicyclic) bond motifs is 1. The molecule has 1 unspecified atom stereocenters. The summed E-state index contributed by atoms with van der Waals surface area (Å²) in [4.78, 5) is 48.0. The topological polar surface area (TPSA) is 115 Å². The van der Waals surface area contributed by atoms with Crippen molar-refractivity contribution in [1.82, 2.24) is 29.4 Å². The van der Waals surface area contributed by atoms with Crippen molar-refractivity contribution >= 4 is 16.9 Å². The first-order chi connectivity index (χ1) is 13.1. The summed E-state index contributed by atoms with van der Waals surface area (Å²) < 4.78 is 3.12. The molecule has 3 aromatic rings. The third-order valence-corrected chi connectivity index (χ3v) is 4.75. The van der Waals surface area contributed by atoms with Crippen LogP contribution in [0.2, 0.25) is 0 Å². The fourth-order valence-corrected chi connectivity index (χ4v) is 3.02. The van der Waals surface area contributed by atoms with Gasteiger partial charge in [-0.25, -0.2) is 14.8 Å². The molecule has 0 aliphatic rings. The van der Waals surface area contributed by atoms with Crippen molar-refractivity contribution in [2.75, 3.05) is 0 Å². The Hall–Kier alpha value is -3.23. The van der Waals surface area contributed by atoms with Crippen molar-refractivity contribution in [3.63, 3.8) is 0 Å². The Bertz CT molecular complexity index is 1140. The van der Waals surface area contributed by atoms with E-state index in [4.69, 9.17) is 0 Å². The third kappa shape index (κ3) is 3.73. The summed E-state index contributed by atoms with van der Waals surface area (Å²) in [5.41, 5.74) is -0.524. The number of aromatic nitrogens is 5. The largest absolute Gasteiger partial charge is 0.347 e. The van der Waals surface area contributed by atoms with Gasteiger partial charge < -0.3 is 9.88 Å². The second-order valence-electron chi connectivity index (χ2n) is 7.98. The molecular formula is C19H24N6O3. The SMILES string of the molecule is Cc1cc(C(=O)NC(Cn2ccnc2)C(C)(C)C)c2c(=O)[nH]c(=O)n(C)c2n1. The minimum atomic E-state index is -0.627. The van der Waals surface area contributed by atoms with Gasteiger partial charge in [0, 0.05) is 31.7 Å². The molecule has 0 bridgehead atoms. The van der Waals surface area contributed by atoms with E-state index in [-0.39, 0.29) is 34.0 Å². The second-order valence-corrected chi connectivity index (χ2v) is 7.98. The van der Waals surface area contributed by atoms with E-state index in [0.29, 0.717) is 12.2 Å². The molecular weight excluding hydrogens is 360 g/mol. The van der Waals surface area contributed by atoms with Crippen molar-refractivity contribution in [2.24, 2.45) is 12.5 Å². The van der Waals surface area contributed by atoms with Gasteiger partial charge >= 0.3 is 5.69 Å². The molecule has 1 amide bonds. The first-order valence-electron chi connectivity index (χ1n) is 8.95. The predicted octanol–water partition coefficient (Wildman–Crippen LogP) is 0.971. The lowest BCUT2D eigenvalue weighted by molar-refractivity contribution is 0.0894. The van der Waals surface area contributed by atoms with E-state index < -0.39 is 11.2 Å². The van der Waals surface area contributed by atoms with Crippen LogP contribution in [0.4, 0.5) is 0 Å². The Morgan fingerprint density at radius 2 is 2.04 bits per heavy atom. The number of carbonyl (C=O) groups excluding carboxylic acids is 1. The molecule has 0 aromatic carbocycles. The zero-order valence-corrected chi connectivity index (χ0v) is 16.6. The maximum absolute atomic E-state index is 13.1. The van der Waals surface area contributed by atoms with Gasteiger partial charge in [-0.1, -0.05) is 20.8 Å². The lowest BCUT2D eigenvalue weighted by Crippen LogP contribution is -2.46. The van der Waals surface area contributed by atoms with Crippen LogP contribution in [0.1, 0.15) is 36.8 Å². The number of aromatic amines is 1. The minimum Gasteiger partial charge on any atom is -0.347 e. The number of pyridine rings is 1. The summed E-state index contributed by atoms with van der Waals surface area (Å²) in [5, 5.41) is 3.13. The molecule has 0 saturated heterocycles. The molecule has 2 N–H and O–H groups in total. The van der Waals surface area contributed by atoms with Crippen molar-refractivity contribution in [3.05, 3.63) is 56.9 Å². The zero-order valence-electron chi connectivity index (χ0n) is 16.6. The summed E-state index contributed by atoms with van der Waals surface area (Å²) in [5.74, 6) is -0.389. The average molecular weight is 384 g/mol. The van der Waals surface area contributed by atoms with Gasteiger partial charge in [-0.3, -0.25) is 19.1 Å². The van der Waals surface area contributed by atoms with Gasteiger partial charge in [0.15, 0.2) is 0 Å². The first kappa shape index (κ1) is 19.5. The van der Waals surface area contributed by atoms with Gasteiger partial charge in [0.1, 0.15) is 5.65 Å². The third-order valence-electron chi connectivity index (χ3n) is 4.75. The van der Waals surface area contributed by atoms with Crippen LogP contribution in [0.5, 0.6) is 0 Å². The highest BCUT2D eigenvalue weighted by atomic mass is 16.2. The number of nitrogens with one attached hydrogen (secondary N) is 2. The maximum Gasteiger partial charge on any atom is 0.329 e. The molecule has 148 valence electrons. The van der Waals surface area contributed by atoms with Gasteiger partial charge in [0.25, 0.3) is 11.5 Å². The number of carbonyl (C=O) groups is 1. The van der Waals surface area contributed by atoms with Gasteiger partial charge in [0.2, 0.25) is 0 Å². The molecule has 3 heterocycles. The van der Waals surface area contributed by atoms with Crippen molar-refractivity contribution < 1.29 is 4.79 Å². The molecule has 0 aliphatic heterocycles. The van der Waals surface area contributed by atoms with E-state index in [1.54, 1.807) is 25.5 Å². The molecule has 0 fully saturated rings. The Morgan fingerprint density at radius 3 is 2.64 bits per heavy atom. The summed E-state index contributed by atoms with van der Waals surface area (Å²) >= 11 is 0. The number of aryl methyl sites for hydroxylation is 2. The standard InChI is InChI=1S/C19H24N6O3/c1-11-8-12(14-15(21-11)24(5)18(28)23-17(14)27)16(26)22-13(19(2,3)4)9-25-7-6-20-10-25/h6-8,10,13H,9H2,1-5H3,(H,22,26)(H,23,27,28). The van der Waals surface area contributed by atoms with E-state index >= 15 is 0 Å². The zero-order chi connectivity index (χ0) is 20.6. The molecule has 28 heavy (non-hydrogen) atoms. The van der Waals surface area contributed by atoms with Crippen LogP contribution in [-0.4, -0.2) is 36.0 Å². The maximum atomic E-state index is 13.1. The predicted molar refractivity (Wildman–Crippen MR) is 105 cm³/mol. The first-order valence-corrected chi connectivity index (χ1v) is 8.95. The van der Waals surface area contributed by atoms with Crippen LogP contribution in [0.3, 0.4) is 0 Å². The number of imidazole rings is 1. The van der Waals surface area contributed by atoms with Crippen LogP contribution in [0.15, 0.2) is 34.4 Å². The minimum absolute atomic E-state index is 0.0977. The quantitative estimate of drug-likeness (QED) is 0.696. The van der Waals surface area contributed by atoms with Crippen LogP contribution < -0.4 is 16.6 Å². The highest BCUT2D eigenvalue weighted by Crippen LogP contribution is 2.22. The summed E-state index contributed by atoms with van der Waals surface area (Å²) in [6, 6.07) is 1.35. The van der Waals surface area contributed by atoms with Crippen LogP contribution in [-0.2, 0) is 13.6 Å². The Balaban J connectivity index is 2.06. The van der Waals surface area contributed by atoms with Crippen LogP contribution in [0, 0.1) is 12.3 Å². The Morgan fingerprint density at radius 1 is 1.32 bits per heavy atom.